The second-order valence-corrected chi connectivity index (χ2v) is 14.8. The number of pyridine rings is 1. The normalized spacial score (nSPS) is 14.4. The fourth-order valence-electron chi connectivity index (χ4n) is 5.63. The lowest BCUT2D eigenvalue weighted by Gasteiger charge is -2.36. The average molecular weight is 756 g/mol. The molecule has 2 aromatic rings. The third-order valence-corrected chi connectivity index (χ3v) is 8.06. The van der Waals surface area contributed by atoms with Crippen molar-refractivity contribution >= 4 is 52.6 Å². The maximum atomic E-state index is 13.9. The zero-order valence-corrected chi connectivity index (χ0v) is 32.4. The standard InChI is InChI=1S/C38H53N5O11/c1-9-52-36(50)43-20-18-42(19-21-43)35(49)28(15-17-31(45)54-38(5,6)7)41-34(48)29-23-26(25-12-10-11-13-27(25)40-29)33(47)39-24(22-32(46)51-8)14-16-30(44)53-37(2,3)4/h10-13,23-24,28H,9,14-22H2,1-8H3,(H,39,47)(H,41,48). The van der Waals surface area contributed by atoms with E-state index < -0.39 is 65.0 Å². The van der Waals surface area contributed by atoms with Crippen molar-refractivity contribution in [3.05, 3.63) is 41.6 Å². The number of benzene rings is 1. The van der Waals surface area contributed by atoms with Crippen LogP contribution < -0.4 is 10.6 Å². The van der Waals surface area contributed by atoms with E-state index in [0.717, 1.165) is 0 Å². The van der Waals surface area contributed by atoms with E-state index in [9.17, 15) is 33.6 Å². The molecule has 0 radical (unpaired) electrons. The topological polar surface area (TPSA) is 200 Å². The molecule has 2 heterocycles. The number of carbonyl (C=O) groups excluding carboxylic acids is 7. The van der Waals surface area contributed by atoms with Crippen LogP contribution in [0.1, 0.15) is 101 Å². The van der Waals surface area contributed by atoms with E-state index in [4.69, 9.17) is 18.9 Å². The highest BCUT2D eigenvalue weighted by atomic mass is 16.6. The van der Waals surface area contributed by atoms with E-state index in [1.165, 1.54) is 23.0 Å². The van der Waals surface area contributed by atoms with Crippen molar-refractivity contribution in [1.82, 2.24) is 25.4 Å². The summed E-state index contributed by atoms with van der Waals surface area (Å²) in [5.41, 5.74) is -1.30. The van der Waals surface area contributed by atoms with Gasteiger partial charge in [-0.1, -0.05) is 18.2 Å². The lowest BCUT2D eigenvalue weighted by molar-refractivity contribution is -0.156. The van der Waals surface area contributed by atoms with Crippen LogP contribution >= 0.6 is 0 Å². The maximum absolute atomic E-state index is 13.9. The highest BCUT2D eigenvalue weighted by Crippen LogP contribution is 2.21. The molecule has 1 aliphatic heterocycles. The summed E-state index contributed by atoms with van der Waals surface area (Å²) in [7, 11) is 1.21. The summed E-state index contributed by atoms with van der Waals surface area (Å²) in [6, 6.07) is 5.93. The van der Waals surface area contributed by atoms with E-state index in [1.54, 1.807) is 72.7 Å². The van der Waals surface area contributed by atoms with Crippen LogP contribution in [-0.2, 0) is 38.1 Å². The van der Waals surface area contributed by atoms with Gasteiger partial charge >= 0.3 is 24.0 Å². The number of rotatable bonds is 14. The molecule has 1 saturated heterocycles. The summed E-state index contributed by atoms with van der Waals surface area (Å²) in [5.74, 6) is -3.55. The van der Waals surface area contributed by atoms with Crippen molar-refractivity contribution in [3.8, 4) is 0 Å². The fourth-order valence-corrected chi connectivity index (χ4v) is 5.63. The Morgan fingerprint density at radius 2 is 1.35 bits per heavy atom. The number of nitrogens with one attached hydrogen (secondary N) is 2. The molecule has 1 fully saturated rings. The van der Waals surface area contributed by atoms with Gasteiger partial charge in [-0.15, -0.1) is 0 Å². The molecule has 0 bridgehead atoms. The molecule has 0 aliphatic carbocycles. The van der Waals surface area contributed by atoms with Gasteiger partial charge in [0.2, 0.25) is 5.91 Å². The van der Waals surface area contributed by atoms with Gasteiger partial charge in [-0.25, -0.2) is 9.78 Å². The minimum atomic E-state index is -1.18. The summed E-state index contributed by atoms with van der Waals surface area (Å²) in [6.45, 7) is 13.1. The molecule has 0 saturated carbocycles. The summed E-state index contributed by atoms with van der Waals surface area (Å²) < 4.78 is 20.7. The van der Waals surface area contributed by atoms with E-state index in [2.05, 4.69) is 15.6 Å². The van der Waals surface area contributed by atoms with Crippen molar-refractivity contribution in [2.45, 2.75) is 104 Å². The number of hydrogen-bond donors (Lipinski definition) is 2. The largest absolute Gasteiger partial charge is 0.469 e. The van der Waals surface area contributed by atoms with Crippen LogP contribution in [0.2, 0.25) is 0 Å². The number of methoxy groups -OCH3 is 1. The number of esters is 3. The van der Waals surface area contributed by atoms with Gasteiger partial charge in [-0.2, -0.15) is 0 Å². The van der Waals surface area contributed by atoms with Crippen LogP contribution in [0, 0.1) is 0 Å². The van der Waals surface area contributed by atoms with Gasteiger partial charge < -0.3 is 39.4 Å². The SMILES string of the molecule is CCOC(=O)N1CCN(C(=O)C(CCC(=O)OC(C)(C)C)NC(=O)c2cc(C(=O)NC(CCC(=O)OC(C)(C)C)CC(=O)OC)c3ccccc3n2)CC1. The molecule has 16 heteroatoms. The van der Waals surface area contributed by atoms with Crippen LogP contribution in [0.15, 0.2) is 30.3 Å². The Morgan fingerprint density at radius 1 is 0.778 bits per heavy atom. The van der Waals surface area contributed by atoms with Gasteiger partial charge in [0.15, 0.2) is 0 Å². The Labute approximate surface area is 315 Å². The number of fused-ring (bicyclic) bond motifs is 1. The Bertz CT molecular complexity index is 1690. The molecule has 3 rings (SSSR count). The molecular weight excluding hydrogens is 702 g/mol. The van der Waals surface area contributed by atoms with Gasteiger partial charge in [0.05, 0.1) is 31.2 Å². The first-order valence-corrected chi connectivity index (χ1v) is 18.0. The smallest absolute Gasteiger partial charge is 0.409 e. The second kappa shape index (κ2) is 19.2. The molecule has 4 amide bonds. The first-order chi connectivity index (χ1) is 25.3. The van der Waals surface area contributed by atoms with Gasteiger partial charge in [0.1, 0.15) is 22.9 Å². The van der Waals surface area contributed by atoms with E-state index in [-0.39, 0.29) is 76.1 Å². The van der Waals surface area contributed by atoms with Crippen LogP contribution in [0.5, 0.6) is 0 Å². The fraction of sp³-hybridized carbons (Fsp3) is 0.579. The van der Waals surface area contributed by atoms with Crippen molar-refractivity contribution in [1.29, 1.82) is 0 Å². The lowest BCUT2D eigenvalue weighted by Crippen LogP contribution is -2.56. The first kappa shape index (κ1) is 43.1. The summed E-state index contributed by atoms with van der Waals surface area (Å²) in [5, 5.41) is 5.91. The summed E-state index contributed by atoms with van der Waals surface area (Å²) in [6.07, 6.45) is -0.994. The van der Waals surface area contributed by atoms with Crippen LogP contribution in [0.4, 0.5) is 4.79 Å². The van der Waals surface area contributed by atoms with Crippen molar-refractivity contribution < 1.29 is 52.5 Å². The highest BCUT2D eigenvalue weighted by molar-refractivity contribution is 6.09. The van der Waals surface area contributed by atoms with Gasteiger partial charge in [-0.3, -0.25) is 28.8 Å². The van der Waals surface area contributed by atoms with Crippen LogP contribution in [0.25, 0.3) is 10.9 Å². The minimum Gasteiger partial charge on any atom is -0.469 e. The van der Waals surface area contributed by atoms with E-state index >= 15 is 0 Å². The molecular formula is C38H53N5O11. The molecule has 2 unspecified atom stereocenters. The number of nitrogens with zero attached hydrogens (tertiary/aromatic N) is 3. The van der Waals surface area contributed by atoms with Crippen molar-refractivity contribution in [2.24, 2.45) is 0 Å². The molecule has 2 atom stereocenters. The maximum Gasteiger partial charge on any atom is 0.409 e. The zero-order valence-electron chi connectivity index (χ0n) is 32.4. The second-order valence-electron chi connectivity index (χ2n) is 14.8. The van der Waals surface area contributed by atoms with Gasteiger partial charge in [-0.05, 0) is 73.4 Å². The van der Waals surface area contributed by atoms with E-state index in [1.807, 2.05) is 0 Å². The molecule has 0 spiro atoms. The molecule has 296 valence electrons. The zero-order chi connectivity index (χ0) is 40.2. The quantitative estimate of drug-likeness (QED) is 0.210. The first-order valence-electron chi connectivity index (χ1n) is 18.0. The molecule has 1 aliphatic rings. The monoisotopic (exact) mass is 755 g/mol. The molecule has 16 nitrogen and oxygen atoms in total. The third-order valence-electron chi connectivity index (χ3n) is 8.06. The third kappa shape index (κ3) is 13.6. The predicted octanol–water partition coefficient (Wildman–Crippen LogP) is 3.54. The van der Waals surface area contributed by atoms with Gasteiger partial charge in [0.25, 0.3) is 11.8 Å². The Balaban J connectivity index is 1.88. The average Bonchev–Trinajstić information content (AvgIpc) is 3.10. The van der Waals surface area contributed by atoms with Gasteiger partial charge in [0, 0.05) is 50.4 Å². The number of piperazine rings is 1. The minimum absolute atomic E-state index is 0.0598. The number of amides is 4. The van der Waals surface area contributed by atoms with Crippen LogP contribution in [-0.4, -0.2) is 120 Å². The summed E-state index contributed by atoms with van der Waals surface area (Å²) in [4.78, 5) is 98.6. The molecule has 1 aromatic carbocycles. The predicted molar refractivity (Wildman–Crippen MR) is 196 cm³/mol. The number of para-hydroxylation sites is 1. The number of hydrogen-bond acceptors (Lipinski definition) is 12. The van der Waals surface area contributed by atoms with Crippen molar-refractivity contribution in [3.63, 3.8) is 0 Å². The Kier molecular flexibility index (Phi) is 15.3. The molecule has 2 N–H and O–H groups in total. The Morgan fingerprint density at radius 3 is 1.93 bits per heavy atom. The molecule has 1 aromatic heterocycles. The molecule has 54 heavy (non-hydrogen) atoms. The summed E-state index contributed by atoms with van der Waals surface area (Å²) >= 11 is 0. The highest BCUT2D eigenvalue weighted by Gasteiger charge is 2.32. The Hall–Kier alpha value is -5.28. The lowest BCUT2D eigenvalue weighted by atomic mass is 10.0. The van der Waals surface area contributed by atoms with Crippen molar-refractivity contribution in [2.75, 3.05) is 39.9 Å². The number of carbonyl (C=O) groups is 7. The number of ether oxygens (including phenoxy) is 4. The van der Waals surface area contributed by atoms with Crippen LogP contribution in [0.3, 0.4) is 0 Å². The van der Waals surface area contributed by atoms with E-state index in [0.29, 0.717) is 10.9 Å². The number of aromatic nitrogens is 1.